The van der Waals surface area contributed by atoms with Crippen molar-refractivity contribution in [1.82, 2.24) is 5.43 Å². The van der Waals surface area contributed by atoms with Crippen LogP contribution >= 0.6 is 22.6 Å². The molecule has 1 N–H and O–H groups in total. The van der Waals surface area contributed by atoms with Crippen LogP contribution in [0, 0.1) is 3.57 Å². The first-order valence-electron chi connectivity index (χ1n) is 8.20. The third-order valence-electron chi connectivity index (χ3n) is 3.62. The van der Waals surface area contributed by atoms with Crippen LogP contribution in [0.4, 0.5) is 0 Å². The van der Waals surface area contributed by atoms with Crippen LogP contribution in [0.15, 0.2) is 48.1 Å². The van der Waals surface area contributed by atoms with Gasteiger partial charge in [-0.15, -0.1) is 0 Å². The molecule has 0 saturated carbocycles. The molecular formula is C20H21IN2O5. The summed E-state index contributed by atoms with van der Waals surface area (Å²) >= 11 is 2.15. The lowest BCUT2D eigenvalue weighted by Gasteiger charge is -2.12. The molecule has 0 heterocycles. The van der Waals surface area contributed by atoms with Crippen LogP contribution in [0.1, 0.15) is 15.9 Å². The number of hydrogen-bond donors (Lipinski definition) is 1. The number of hydrogen-bond acceptors (Lipinski definition) is 6. The van der Waals surface area contributed by atoms with Gasteiger partial charge in [0.05, 0.1) is 31.1 Å². The predicted octanol–water partition coefficient (Wildman–Crippen LogP) is 3.65. The van der Waals surface area contributed by atoms with Crippen molar-refractivity contribution >= 4 is 34.7 Å². The molecule has 0 radical (unpaired) electrons. The lowest BCUT2D eigenvalue weighted by atomic mass is 10.2. The van der Waals surface area contributed by atoms with E-state index in [4.69, 9.17) is 18.9 Å². The minimum absolute atomic E-state index is 0.371. The molecule has 8 heteroatoms. The molecule has 0 atom stereocenters. The maximum atomic E-state index is 12.3. The highest BCUT2D eigenvalue weighted by atomic mass is 127. The van der Waals surface area contributed by atoms with E-state index in [1.165, 1.54) is 20.4 Å². The average Bonchev–Trinajstić information content (AvgIpc) is 2.71. The molecule has 0 aliphatic rings. The van der Waals surface area contributed by atoms with Gasteiger partial charge in [-0.1, -0.05) is 12.7 Å². The van der Waals surface area contributed by atoms with Gasteiger partial charge in [-0.25, -0.2) is 5.43 Å². The number of carbonyl (C=O) groups excluding carboxylic acids is 1. The molecule has 148 valence electrons. The van der Waals surface area contributed by atoms with E-state index in [-0.39, 0.29) is 5.91 Å². The first-order chi connectivity index (χ1) is 13.5. The monoisotopic (exact) mass is 496 g/mol. The summed E-state index contributed by atoms with van der Waals surface area (Å²) in [6.07, 6.45) is 3.19. The molecule has 0 unspecified atom stereocenters. The summed E-state index contributed by atoms with van der Waals surface area (Å²) in [4.78, 5) is 12.3. The molecule has 0 spiro atoms. The minimum atomic E-state index is -0.371. The smallest absolute Gasteiger partial charge is 0.271 e. The number of hydrazone groups is 1. The van der Waals surface area contributed by atoms with Crippen LogP contribution in [0.3, 0.4) is 0 Å². The maximum Gasteiger partial charge on any atom is 0.271 e. The maximum absolute atomic E-state index is 12.3. The van der Waals surface area contributed by atoms with Crippen LogP contribution in [-0.2, 0) is 0 Å². The number of nitrogens with zero attached hydrogens (tertiary/aromatic N) is 1. The Morgan fingerprint density at radius 3 is 2.46 bits per heavy atom. The molecule has 0 bridgehead atoms. The molecule has 2 aromatic rings. The van der Waals surface area contributed by atoms with Gasteiger partial charge >= 0.3 is 0 Å². The van der Waals surface area contributed by atoms with Crippen molar-refractivity contribution in [1.29, 1.82) is 0 Å². The zero-order chi connectivity index (χ0) is 20.5. The Kier molecular flexibility index (Phi) is 8.12. The number of methoxy groups -OCH3 is 3. The van der Waals surface area contributed by atoms with Crippen molar-refractivity contribution in [2.45, 2.75) is 0 Å². The number of amides is 1. The van der Waals surface area contributed by atoms with Crippen LogP contribution in [-0.4, -0.2) is 40.1 Å². The van der Waals surface area contributed by atoms with E-state index in [1.54, 1.807) is 37.5 Å². The van der Waals surface area contributed by atoms with Crippen LogP contribution in [0.2, 0.25) is 0 Å². The molecule has 0 fully saturated rings. The van der Waals surface area contributed by atoms with E-state index in [0.29, 0.717) is 35.2 Å². The van der Waals surface area contributed by atoms with Gasteiger partial charge in [0.2, 0.25) is 0 Å². The van der Waals surface area contributed by atoms with Crippen LogP contribution < -0.4 is 24.4 Å². The molecule has 0 aromatic heterocycles. The fourth-order valence-electron chi connectivity index (χ4n) is 2.30. The first kappa shape index (κ1) is 21.5. The second kappa shape index (κ2) is 10.5. The van der Waals surface area contributed by atoms with E-state index < -0.39 is 0 Å². The van der Waals surface area contributed by atoms with E-state index in [9.17, 15) is 4.79 Å². The average molecular weight is 496 g/mol. The van der Waals surface area contributed by atoms with E-state index in [1.807, 2.05) is 6.07 Å². The molecule has 28 heavy (non-hydrogen) atoms. The Bertz CT molecular complexity index is 883. The number of carbonyl (C=O) groups is 1. The summed E-state index contributed by atoms with van der Waals surface area (Å²) in [7, 11) is 4.60. The van der Waals surface area contributed by atoms with Gasteiger partial charge in [-0.2, -0.15) is 5.10 Å². The van der Waals surface area contributed by atoms with Crippen molar-refractivity contribution in [2.75, 3.05) is 27.9 Å². The highest BCUT2D eigenvalue weighted by Crippen LogP contribution is 2.33. The van der Waals surface area contributed by atoms with Gasteiger partial charge in [0, 0.05) is 5.56 Å². The molecular weight excluding hydrogens is 475 g/mol. The van der Waals surface area contributed by atoms with Gasteiger partial charge in [-0.05, 0) is 58.5 Å². The van der Waals surface area contributed by atoms with E-state index >= 15 is 0 Å². The van der Waals surface area contributed by atoms with Gasteiger partial charge in [-0.3, -0.25) is 4.79 Å². The molecule has 2 aromatic carbocycles. The second-order valence-corrected chi connectivity index (χ2v) is 6.56. The highest BCUT2D eigenvalue weighted by Gasteiger charge is 2.12. The van der Waals surface area contributed by atoms with Gasteiger partial charge < -0.3 is 18.9 Å². The minimum Gasteiger partial charge on any atom is -0.493 e. The highest BCUT2D eigenvalue weighted by molar-refractivity contribution is 14.1. The van der Waals surface area contributed by atoms with Crippen molar-refractivity contribution in [2.24, 2.45) is 5.10 Å². The number of rotatable bonds is 9. The van der Waals surface area contributed by atoms with Crippen LogP contribution in [0.5, 0.6) is 23.0 Å². The summed E-state index contributed by atoms with van der Waals surface area (Å²) in [6, 6.07) is 8.51. The molecule has 2 rings (SSSR count). The Morgan fingerprint density at radius 2 is 1.82 bits per heavy atom. The van der Waals surface area contributed by atoms with Crippen molar-refractivity contribution < 1.29 is 23.7 Å². The normalized spacial score (nSPS) is 10.4. The summed E-state index contributed by atoms with van der Waals surface area (Å²) in [5, 5.41) is 4.01. The van der Waals surface area contributed by atoms with Crippen LogP contribution in [0.25, 0.3) is 0 Å². The Hall–Kier alpha value is -2.75. The fraction of sp³-hybridized carbons (Fsp3) is 0.200. The molecule has 7 nitrogen and oxygen atoms in total. The number of ether oxygens (including phenoxy) is 4. The second-order valence-electron chi connectivity index (χ2n) is 5.40. The zero-order valence-electron chi connectivity index (χ0n) is 15.8. The predicted molar refractivity (Wildman–Crippen MR) is 116 cm³/mol. The summed E-state index contributed by atoms with van der Waals surface area (Å²) in [5.74, 6) is 1.84. The molecule has 0 saturated heterocycles. The Labute approximate surface area is 177 Å². The van der Waals surface area contributed by atoms with Crippen molar-refractivity contribution in [3.63, 3.8) is 0 Å². The standard InChI is InChI=1S/C20H21IN2O5/c1-5-8-28-19-15(21)9-13(10-18(19)27-4)12-22-23-20(24)14-6-7-16(25-2)17(11-14)26-3/h5-7,9-12H,1,8H2,2-4H3,(H,23,24)/b22-12+. The van der Waals surface area contributed by atoms with Crippen molar-refractivity contribution in [3.8, 4) is 23.0 Å². The molecule has 0 aliphatic carbocycles. The van der Waals surface area contributed by atoms with Gasteiger partial charge in [0.15, 0.2) is 23.0 Å². The number of benzene rings is 2. The number of nitrogens with one attached hydrogen (secondary N) is 1. The Balaban J connectivity index is 2.12. The van der Waals surface area contributed by atoms with E-state index in [2.05, 4.69) is 39.7 Å². The topological polar surface area (TPSA) is 78.4 Å². The molecule has 1 amide bonds. The third kappa shape index (κ3) is 5.38. The summed E-state index contributed by atoms with van der Waals surface area (Å²) in [6.45, 7) is 4.01. The SMILES string of the molecule is C=CCOc1c(I)cc(/C=N/NC(=O)c2ccc(OC)c(OC)c2)cc1OC. The fourth-order valence-corrected chi connectivity index (χ4v) is 3.09. The zero-order valence-corrected chi connectivity index (χ0v) is 18.0. The summed E-state index contributed by atoms with van der Waals surface area (Å²) in [5.41, 5.74) is 3.64. The van der Waals surface area contributed by atoms with Gasteiger partial charge in [0.25, 0.3) is 5.91 Å². The molecule has 0 aliphatic heterocycles. The lowest BCUT2D eigenvalue weighted by Crippen LogP contribution is -2.17. The number of halogens is 1. The lowest BCUT2D eigenvalue weighted by molar-refractivity contribution is 0.0954. The van der Waals surface area contributed by atoms with Crippen molar-refractivity contribution in [3.05, 3.63) is 57.7 Å². The quantitative estimate of drug-likeness (QED) is 0.248. The summed E-state index contributed by atoms with van der Waals surface area (Å²) < 4.78 is 22.2. The van der Waals surface area contributed by atoms with Gasteiger partial charge in [0.1, 0.15) is 6.61 Å². The van der Waals surface area contributed by atoms with E-state index in [0.717, 1.165) is 9.13 Å². The Morgan fingerprint density at radius 1 is 1.11 bits per heavy atom. The first-order valence-corrected chi connectivity index (χ1v) is 9.28. The third-order valence-corrected chi connectivity index (χ3v) is 4.42. The largest absolute Gasteiger partial charge is 0.493 e.